The number of halogens is 1. The van der Waals surface area contributed by atoms with Gasteiger partial charge in [0.25, 0.3) is 16.0 Å². The summed E-state index contributed by atoms with van der Waals surface area (Å²) in [5.41, 5.74) is 1.27. The van der Waals surface area contributed by atoms with E-state index in [-0.39, 0.29) is 36.1 Å². The summed E-state index contributed by atoms with van der Waals surface area (Å²) in [6.45, 7) is 2.11. The lowest BCUT2D eigenvalue weighted by molar-refractivity contribution is -0.198. The van der Waals surface area contributed by atoms with Gasteiger partial charge in [0, 0.05) is 29.3 Å². The second-order valence-electron chi connectivity index (χ2n) is 12.3. The van der Waals surface area contributed by atoms with Crippen molar-refractivity contribution in [1.82, 2.24) is 9.80 Å². The van der Waals surface area contributed by atoms with Gasteiger partial charge in [0.15, 0.2) is 11.5 Å². The number of piperidine rings is 1. The molecule has 1 spiro atoms. The third-order valence-electron chi connectivity index (χ3n) is 10.1. The number of fused-ring (bicyclic) bond motifs is 1. The molecule has 2 bridgehead atoms. The van der Waals surface area contributed by atoms with Crippen molar-refractivity contribution in [3.8, 4) is 11.5 Å². The molecule has 2 aromatic carbocycles. The molecule has 3 fully saturated rings. The highest BCUT2D eigenvalue weighted by molar-refractivity contribution is 7.85. The number of nitrogens with zero attached hydrogens (tertiary/aromatic N) is 2. The molecule has 1 unspecified atom stereocenters. The Labute approximate surface area is 232 Å². The molecule has 214 valence electrons. The fraction of sp³-hybridized carbons (Fsp3) is 0.552. The number of likely N-dealkylation sites (tertiary alicyclic amines) is 1. The molecule has 3 N–H and O–H groups in total. The zero-order valence-corrected chi connectivity index (χ0v) is 23.0. The van der Waals surface area contributed by atoms with Crippen LogP contribution in [0.25, 0.3) is 0 Å². The molecular weight excluding hydrogens is 539 g/mol. The molecule has 1 saturated heterocycles. The molecule has 0 aromatic heterocycles. The quantitative estimate of drug-likeness (QED) is 0.479. The van der Waals surface area contributed by atoms with Gasteiger partial charge in [-0.1, -0.05) is 12.1 Å². The van der Waals surface area contributed by atoms with E-state index in [2.05, 4.69) is 4.90 Å². The lowest BCUT2D eigenvalue weighted by Gasteiger charge is -2.64. The van der Waals surface area contributed by atoms with Crippen molar-refractivity contribution in [3.05, 3.63) is 58.4 Å². The third kappa shape index (κ3) is 3.67. The Kier molecular flexibility index (Phi) is 5.66. The first-order valence-corrected chi connectivity index (χ1v) is 15.8. The molecule has 11 heteroatoms. The van der Waals surface area contributed by atoms with Gasteiger partial charge in [0.1, 0.15) is 11.9 Å². The average Bonchev–Trinajstić information content (AvgIpc) is 3.53. The van der Waals surface area contributed by atoms with Crippen molar-refractivity contribution < 1.29 is 37.1 Å². The maximum absolute atomic E-state index is 14.6. The van der Waals surface area contributed by atoms with Crippen LogP contribution in [-0.2, 0) is 28.5 Å². The lowest BCUT2D eigenvalue weighted by Crippen LogP contribution is -2.78. The normalized spacial score (nSPS) is 33.5. The maximum atomic E-state index is 14.6. The molecule has 3 aliphatic heterocycles. The van der Waals surface area contributed by atoms with Gasteiger partial charge in [-0.3, -0.25) is 14.2 Å². The number of ether oxygens (including phenoxy) is 1. The van der Waals surface area contributed by atoms with Crippen molar-refractivity contribution in [2.45, 2.75) is 74.3 Å². The average molecular weight is 573 g/mol. The first kappa shape index (κ1) is 26.2. The van der Waals surface area contributed by atoms with E-state index in [1.54, 1.807) is 23.1 Å². The van der Waals surface area contributed by atoms with Crippen LogP contribution in [0.2, 0.25) is 0 Å². The van der Waals surface area contributed by atoms with Crippen LogP contribution >= 0.6 is 0 Å². The molecule has 8 rings (SSSR count). The number of carbonyl (C=O) groups excluding carboxylic acids is 1. The molecule has 5 atom stereocenters. The molecule has 1 amide bonds. The smallest absolute Gasteiger partial charge is 0.261 e. The van der Waals surface area contributed by atoms with E-state index < -0.39 is 27.2 Å². The molecule has 40 heavy (non-hydrogen) atoms. The Bertz CT molecular complexity index is 1520. The van der Waals surface area contributed by atoms with E-state index in [1.165, 1.54) is 18.9 Å². The van der Waals surface area contributed by atoms with E-state index in [0.717, 1.165) is 43.0 Å². The Hall–Kier alpha value is -2.73. The highest BCUT2D eigenvalue weighted by Crippen LogP contribution is 2.66. The van der Waals surface area contributed by atoms with Crippen LogP contribution < -0.4 is 4.74 Å². The predicted octanol–water partition coefficient (Wildman–Crippen LogP) is 2.62. The minimum Gasteiger partial charge on any atom is -0.504 e. The Morgan fingerprint density at radius 1 is 1.15 bits per heavy atom. The van der Waals surface area contributed by atoms with Crippen LogP contribution in [0.3, 0.4) is 0 Å². The number of hydrogen-bond acceptors (Lipinski definition) is 7. The number of phenolic OH excluding ortho intramolecular Hbond substituents is 1. The first-order valence-electron chi connectivity index (χ1n) is 13.9. The second-order valence-corrected chi connectivity index (χ2v) is 13.8. The van der Waals surface area contributed by atoms with Gasteiger partial charge in [0.2, 0.25) is 0 Å². The van der Waals surface area contributed by atoms with Crippen LogP contribution in [-0.4, -0.2) is 82.0 Å². The van der Waals surface area contributed by atoms with Gasteiger partial charge in [-0.2, -0.15) is 8.42 Å². The van der Waals surface area contributed by atoms with Crippen LogP contribution in [0, 0.1) is 11.7 Å². The standard InChI is InChI=1S/C28H29FN2O4.CH4O3S/c29-19-3-1-2-17-18(19)14-31(26(17)33)20-8-9-28(34)22-12-16-6-7-21(32)24-23(16)27(28,25(20)35-24)10-11-30(22)13-15-4-5-15;1-5(2,3)4/h1-3,6-7,15,20,22,25,32,34H,4-5,8-14H2;1H3,(H,2,3,4)/t20-,22-,25+,27+,28?;/m1./s1. The van der Waals surface area contributed by atoms with Crippen LogP contribution in [0.1, 0.15) is 59.2 Å². The zero-order valence-electron chi connectivity index (χ0n) is 22.2. The number of benzene rings is 2. The predicted molar refractivity (Wildman–Crippen MR) is 142 cm³/mol. The summed E-state index contributed by atoms with van der Waals surface area (Å²) in [7, 11) is -3.67. The van der Waals surface area contributed by atoms with E-state index in [1.807, 2.05) is 6.07 Å². The zero-order chi connectivity index (χ0) is 28.2. The SMILES string of the molecule is CS(=O)(=O)O.O=C1c2cccc(F)c2CN1[C@@H]1CCC2(O)[C@H]3Cc4ccc(O)c5c4[C@@]2(CCN3CC2CC2)[C@H]1O5. The molecule has 2 aromatic rings. The van der Waals surface area contributed by atoms with Crippen LogP contribution in [0.4, 0.5) is 4.39 Å². The summed E-state index contributed by atoms with van der Waals surface area (Å²) < 4.78 is 47.0. The van der Waals surface area contributed by atoms with Crippen molar-refractivity contribution in [2.75, 3.05) is 19.3 Å². The van der Waals surface area contributed by atoms with Crippen molar-refractivity contribution >= 4 is 16.0 Å². The number of amides is 1. The number of carbonyl (C=O) groups is 1. The summed E-state index contributed by atoms with van der Waals surface area (Å²) >= 11 is 0. The Morgan fingerprint density at radius 3 is 2.60 bits per heavy atom. The van der Waals surface area contributed by atoms with E-state index in [9.17, 15) is 27.8 Å². The number of rotatable bonds is 3. The molecule has 2 saturated carbocycles. The Morgan fingerprint density at radius 2 is 1.90 bits per heavy atom. The molecule has 6 aliphatic rings. The molecule has 3 aliphatic carbocycles. The first-order chi connectivity index (χ1) is 18.9. The van der Waals surface area contributed by atoms with E-state index in [0.29, 0.717) is 36.0 Å². The fourth-order valence-corrected chi connectivity index (χ4v) is 8.36. The minimum absolute atomic E-state index is 0.00388. The topological polar surface area (TPSA) is 128 Å². The van der Waals surface area contributed by atoms with Crippen molar-refractivity contribution in [2.24, 2.45) is 5.92 Å². The summed E-state index contributed by atoms with van der Waals surface area (Å²) in [4.78, 5) is 17.7. The summed E-state index contributed by atoms with van der Waals surface area (Å²) in [5.74, 6) is 0.767. The van der Waals surface area contributed by atoms with Gasteiger partial charge >= 0.3 is 0 Å². The van der Waals surface area contributed by atoms with E-state index in [4.69, 9.17) is 9.29 Å². The van der Waals surface area contributed by atoms with Gasteiger partial charge in [0.05, 0.1) is 29.9 Å². The molecular formula is C29H33FN2O7S. The number of aliphatic hydroxyl groups is 1. The third-order valence-corrected chi connectivity index (χ3v) is 10.1. The second kappa shape index (κ2) is 8.64. The van der Waals surface area contributed by atoms with Gasteiger partial charge < -0.3 is 19.8 Å². The summed E-state index contributed by atoms with van der Waals surface area (Å²) in [5, 5.41) is 23.4. The summed E-state index contributed by atoms with van der Waals surface area (Å²) in [6.07, 6.45) is 5.38. The highest BCUT2D eigenvalue weighted by atomic mass is 32.2. The minimum atomic E-state index is -3.67. The van der Waals surface area contributed by atoms with Crippen LogP contribution in [0.15, 0.2) is 30.3 Å². The molecule has 3 heterocycles. The number of phenols is 1. The van der Waals surface area contributed by atoms with Crippen LogP contribution in [0.5, 0.6) is 11.5 Å². The van der Waals surface area contributed by atoms with Crippen molar-refractivity contribution in [3.63, 3.8) is 0 Å². The van der Waals surface area contributed by atoms with Gasteiger partial charge in [-0.05, 0) is 74.8 Å². The number of hydrogen-bond donors (Lipinski definition) is 3. The van der Waals surface area contributed by atoms with E-state index >= 15 is 0 Å². The monoisotopic (exact) mass is 572 g/mol. The number of aromatic hydroxyl groups is 1. The largest absolute Gasteiger partial charge is 0.504 e. The fourth-order valence-electron chi connectivity index (χ4n) is 8.36. The van der Waals surface area contributed by atoms with Crippen molar-refractivity contribution in [1.29, 1.82) is 0 Å². The summed E-state index contributed by atoms with van der Waals surface area (Å²) in [6, 6.07) is 8.07. The van der Waals surface area contributed by atoms with Gasteiger partial charge in [-0.25, -0.2) is 4.39 Å². The molecule has 0 radical (unpaired) electrons. The van der Waals surface area contributed by atoms with Gasteiger partial charge in [-0.15, -0.1) is 0 Å². The Balaban J connectivity index is 0.000000490. The lowest BCUT2D eigenvalue weighted by atomic mass is 9.48. The molecule has 9 nitrogen and oxygen atoms in total. The highest BCUT2D eigenvalue weighted by Gasteiger charge is 2.73. The maximum Gasteiger partial charge on any atom is 0.261 e.